The van der Waals surface area contributed by atoms with Gasteiger partial charge < -0.3 is 10.1 Å². The van der Waals surface area contributed by atoms with E-state index in [1.54, 1.807) is 31.4 Å². The molecule has 2 N–H and O–H groups in total. The van der Waals surface area contributed by atoms with Crippen LogP contribution in [0.25, 0.3) is 0 Å². The van der Waals surface area contributed by atoms with Gasteiger partial charge >= 0.3 is 0 Å². The molecule has 0 aliphatic carbocycles. The van der Waals surface area contributed by atoms with Gasteiger partial charge in [-0.15, -0.1) is 0 Å². The molecule has 2 rings (SSSR count). The van der Waals surface area contributed by atoms with Crippen molar-refractivity contribution < 1.29 is 13.2 Å². The molecule has 106 valence electrons. The van der Waals surface area contributed by atoms with Crippen LogP contribution in [0.3, 0.4) is 0 Å². The van der Waals surface area contributed by atoms with Crippen molar-refractivity contribution in [2.45, 2.75) is 30.2 Å². The van der Waals surface area contributed by atoms with Crippen LogP contribution < -0.4 is 14.8 Å². The fourth-order valence-corrected chi connectivity index (χ4v) is 3.26. The van der Waals surface area contributed by atoms with Crippen LogP contribution in [0.4, 0.5) is 0 Å². The van der Waals surface area contributed by atoms with Gasteiger partial charge in [0.2, 0.25) is 10.0 Å². The van der Waals surface area contributed by atoms with Gasteiger partial charge in [0.05, 0.1) is 12.0 Å². The molecule has 0 saturated carbocycles. The second kappa shape index (κ2) is 6.36. The van der Waals surface area contributed by atoms with Gasteiger partial charge in [0.15, 0.2) is 0 Å². The molecule has 0 amide bonds. The molecular weight excluding hydrogens is 264 g/mol. The number of hydrogen-bond donors (Lipinski definition) is 2. The number of ether oxygens (including phenoxy) is 1. The molecule has 0 spiro atoms. The second-order valence-electron chi connectivity index (χ2n) is 4.66. The summed E-state index contributed by atoms with van der Waals surface area (Å²) < 4.78 is 31.7. The standard InChI is InChI=1S/C13H20N2O3S/c1-18-12-4-6-13(7-5-12)19(16,17)15-10-8-11-3-2-9-14-11/h4-7,11,14-15H,2-3,8-10H2,1H3/t11-/m0/s1. The summed E-state index contributed by atoms with van der Waals surface area (Å²) in [4.78, 5) is 0.271. The Labute approximate surface area is 114 Å². The molecule has 1 aliphatic heterocycles. The molecule has 0 radical (unpaired) electrons. The number of benzene rings is 1. The molecule has 19 heavy (non-hydrogen) atoms. The summed E-state index contributed by atoms with van der Waals surface area (Å²) in [5, 5.41) is 3.35. The minimum atomic E-state index is -3.41. The Bertz CT molecular complexity index is 493. The maximum atomic E-state index is 12.0. The fraction of sp³-hybridized carbons (Fsp3) is 0.538. The average Bonchev–Trinajstić information content (AvgIpc) is 2.92. The van der Waals surface area contributed by atoms with E-state index in [4.69, 9.17) is 4.74 Å². The first kappa shape index (κ1) is 14.3. The van der Waals surface area contributed by atoms with E-state index in [0.29, 0.717) is 18.3 Å². The molecule has 5 nitrogen and oxygen atoms in total. The van der Waals surface area contributed by atoms with E-state index in [9.17, 15) is 8.42 Å². The largest absolute Gasteiger partial charge is 0.497 e. The van der Waals surface area contributed by atoms with E-state index in [2.05, 4.69) is 10.0 Å². The highest BCUT2D eigenvalue weighted by atomic mass is 32.2. The minimum Gasteiger partial charge on any atom is -0.497 e. The smallest absolute Gasteiger partial charge is 0.240 e. The third-order valence-corrected chi connectivity index (χ3v) is 4.79. The van der Waals surface area contributed by atoms with Crippen LogP contribution in [0.2, 0.25) is 0 Å². The third kappa shape index (κ3) is 3.92. The Balaban J connectivity index is 1.89. The van der Waals surface area contributed by atoms with Gasteiger partial charge in [-0.2, -0.15) is 0 Å². The number of hydrogen-bond acceptors (Lipinski definition) is 4. The Hall–Kier alpha value is -1.11. The quantitative estimate of drug-likeness (QED) is 0.821. The molecule has 1 aromatic carbocycles. The van der Waals surface area contributed by atoms with E-state index in [0.717, 1.165) is 19.4 Å². The predicted molar refractivity (Wildman–Crippen MR) is 73.8 cm³/mol. The molecular formula is C13H20N2O3S. The van der Waals surface area contributed by atoms with Crippen molar-refractivity contribution in [1.82, 2.24) is 10.0 Å². The van der Waals surface area contributed by atoms with Gasteiger partial charge in [0.25, 0.3) is 0 Å². The van der Waals surface area contributed by atoms with Crippen molar-refractivity contribution in [2.75, 3.05) is 20.2 Å². The molecule has 0 aromatic heterocycles. The molecule has 0 bridgehead atoms. The fourth-order valence-electron chi connectivity index (χ4n) is 2.21. The van der Waals surface area contributed by atoms with Crippen molar-refractivity contribution in [3.8, 4) is 5.75 Å². The first-order valence-corrected chi connectivity index (χ1v) is 7.97. The highest BCUT2D eigenvalue weighted by Gasteiger charge is 2.17. The van der Waals surface area contributed by atoms with E-state index in [1.807, 2.05) is 0 Å². The number of nitrogens with one attached hydrogen (secondary N) is 2. The van der Waals surface area contributed by atoms with Crippen molar-refractivity contribution >= 4 is 10.0 Å². The van der Waals surface area contributed by atoms with Crippen LogP contribution in [0, 0.1) is 0 Å². The number of rotatable bonds is 6. The Morgan fingerprint density at radius 2 is 2.11 bits per heavy atom. The monoisotopic (exact) mass is 284 g/mol. The highest BCUT2D eigenvalue weighted by molar-refractivity contribution is 7.89. The van der Waals surface area contributed by atoms with E-state index in [-0.39, 0.29) is 4.90 Å². The summed E-state index contributed by atoms with van der Waals surface area (Å²) >= 11 is 0. The number of sulfonamides is 1. The van der Waals surface area contributed by atoms with Crippen LogP contribution in [0.15, 0.2) is 29.2 Å². The topological polar surface area (TPSA) is 67.4 Å². The molecule has 6 heteroatoms. The van der Waals surface area contributed by atoms with Crippen LogP contribution >= 0.6 is 0 Å². The SMILES string of the molecule is COc1ccc(S(=O)(=O)NCC[C@@H]2CCCN2)cc1. The Morgan fingerprint density at radius 1 is 1.37 bits per heavy atom. The summed E-state index contributed by atoms with van der Waals surface area (Å²) in [7, 11) is -1.86. The van der Waals surface area contributed by atoms with Crippen molar-refractivity contribution in [2.24, 2.45) is 0 Å². The lowest BCUT2D eigenvalue weighted by molar-refractivity contribution is 0.414. The first-order valence-electron chi connectivity index (χ1n) is 6.49. The maximum Gasteiger partial charge on any atom is 0.240 e. The summed E-state index contributed by atoms with van der Waals surface area (Å²) in [5.41, 5.74) is 0. The van der Waals surface area contributed by atoms with Crippen molar-refractivity contribution in [1.29, 1.82) is 0 Å². The molecule has 1 aromatic rings. The third-order valence-electron chi connectivity index (χ3n) is 3.32. The van der Waals surface area contributed by atoms with Gasteiger partial charge in [0.1, 0.15) is 5.75 Å². The average molecular weight is 284 g/mol. The van der Waals surface area contributed by atoms with Crippen LogP contribution in [0.1, 0.15) is 19.3 Å². The van der Waals surface area contributed by atoms with E-state index >= 15 is 0 Å². The lowest BCUT2D eigenvalue weighted by atomic mass is 10.2. The summed E-state index contributed by atoms with van der Waals surface area (Å²) in [5.74, 6) is 0.647. The zero-order chi connectivity index (χ0) is 13.7. The van der Waals surface area contributed by atoms with E-state index < -0.39 is 10.0 Å². The van der Waals surface area contributed by atoms with Crippen LogP contribution in [-0.2, 0) is 10.0 Å². The van der Waals surface area contributed by atoms with Gasteiger partial charge in [-0.05, 0) is 50.1 Å². The van der Waals surface area contributed by atoms with Gasteiger partial charge in [-0.1, -0.05) is 0 Å². The summed E-state index contributed by atoms with van der Waals surface area (Å²) in [6, 6.07) is 6.84. The second-order valence-corrected chi connectivity index (χ2v) is 6.42. The molecule has 1 atom stereocenters. The lowest BCUT2D eigenvalue weighted by Crippen LogP contribution is -2.30. The Kier molecular flexibility index (Phi) is 4.79. The molecule has 1 fully saturated rings. The van der Waals surface area contributed by atoms with Gasteiger partial charge in [-0.3, -0.25) is 0 Å². The zero-order valence-electron chi connectivity index (χ0n) is 11.1. The van der Waals surface area contributed by atoms with Crippen LogP contribution in [-0.4, -0.2) is 34.7 Å². The van der Waals surface area contributed by atoms with Crippen molar-refractivity contribution in [3.05, 3.63) is 24.3 Å². The summed E-state index contributed by atoms with van der Waals surface area (Å²) in [6.45, 7) is 1.50. The van der Waals surface area contributed by atoms with E-state index in [1.165, 1.54) is 6.42 Å². The zero-order valence-corrected chi connectivity index (χ0v) is 11.9. The van der Waals surface area contributed by atoms with Gasteiger partial charge in [0, 0.05) is 12.6 Å². The maximum absolute atomic E-state index is 12.0. The summed E-state index contributed by atoms with van der Waals surface area (Å²) in [6.07, 6.45) is 3.13. The molecule has 0 unspecified atom stereocenters. The lowest BCUT2D eigenvalue weighted by Gasteiger charge is -2.11. The van der Waals surface area contributed by atoms with Crippen LogP contribution in [0.5, 0.6) is 5.75 Å². The van der Waals surface area contributed by atoms with Crippen molar-refractivity contribution in [3.63, 3.8) is 0 Å². The molecule has 1 saturated heterocycles. The predicted octanol–water partition coefficient (Wildman–Crippen LogP) is 1.12. The normalized spacial score (nSPS) is 19.5. The highest BCUT2D eigenvalue weighted by Crippen LogP contribution is 2.15. The first-order chi connectivity index (χ1) is 9.12. The molecule has 1 heterocycles. The minimum absolute atomic E-state index is 0.271. The number of methoxy groups -OCH3 is 1. The van der Waals surface area contributed by atoms with Gasteiger partial charge in [-0.25, -0.2) is 13.1 Å². The Morgan fingerprint density at radius 3 is 2.68 bits per heavy atom. The molecule has 1 aliphatic rings.